The Bertz CT molecular complexity index is 1320. The number of halogens is 1. The van der Waals surface area contributed by atoms with Gasteiger partial charge in [0.2, 0.25) is 5.91 Å². The van der Waals surface area contributed by atoms with E-state index >= 15 is 0 Å². The standard InChI is InChI=1S/C27H27BrN4O2S/c28-19-12-13-23-22(15-19)18(16-31(23)17-25(29)33)14-24-26(34)32(21-10-6-1-2-7-11-21)27(35-24)30-20-8-4-3-5-9-20/h3-5,8-9,12-16,21H,1-2,6-7,10-11,17H2,(H2,29,33). The highest BCUT2D eigenvalue weighted by molar-refractivity contribution is 9.10. The van der Waals surface area contributed by atoms with E-state index in [9.17, 15) is 9.59 Å². The number of benzene rings is 2. The summed E-state index contributed by atoms with van der Waals surface area (Å²) < 4.78 is 2.76. The van der Waals surface area contributed by atoms with Crippen molar-refractivity contribution >= 4 is 67.3 Å². The van der Waals surface area contributed by atoms with Crippen molar-refractivity contribution in [2.45, 2.75) is 51.1 Å². The number of rotatable bonds is 5. The molecule has 5 rings (SSSR count). The van der Waals surface area contributed by atoms with Gasteiger partial charge in [0.05, 0.1) is 10.6 Å². The van der Waals surface area contributed by atoms with E-state index < -0.39 is 5.91 Å². The van der Waals surface area contributed by atoms with Crippen LogP contribution < -0.4 is 5.73 Å². The smallest absolute Gasteiger partial charge is 0.267 e. The van der Waals surface area contributed by atoms with Crippen LogP contribution in [0.15, 0.2) is 69.1 Å². The van der Waals surface area contributed by atoms with Crippen molar-refractivity contribution in [1.29, 1.82) is 0 Å². The topological polar surface area (TPSA) is 80.7 Å². The van der Waals surface area contributed by atoms with Gasteiger partial charge in [-0.05, 0) is 61.0 Å². The highest BCUT2D eigenvalue weighted by atomic mass is 79.9. The lowest BCUT2D eigenvalue weighted by molar-refractivity contribution is -0.124. The number of aromatic nitrogens is 1. The SMILES string of the molecule is NC(=O)Cn1cc(C=C2SC(=Nc3ccccc3)N(C3CCCCCC3)C2=O)c2cc(Br)ccc21. The van der Waals surface area contributed by atoms with Gasteiger partial charge in [-0.1, -0.05) is 59.8 Å². The van der Waals surface area contributed by atoms with Crippen LogP contribution in [0.5, 0.6) is 0 Å². The number of hydrogen-bond donors (Lipinski definition) is 1. The maximum absolute atomic E-state index is 13.8. The Balaban J connectivity index is 1.57. The summed E-state index contributed by atoms with van der Waals surface area (Å²) in [5, 5.41) is 1.69. The quantitative estimate of drug-likeness (QED) is 0.302. The zero-order chi connectivity index (χ0) is 24.4. The predicted molar refractivity (Wildman–Crippen MR) is 146 cm³/mol. The van der Waals surface area contributed by atoms with Crippen molar-refractivity contribution in [2.75, 3.05) is 0 Å². The molecule has 1 aliphatic carbocycles. The summed E-state index contributed by atoms with van der Waals surface area (Å²) in [5.74, 6) is -0.408. The van der Waals surface area contributed by atoms with Gasteiger partial charge in [0.15, 0.2) is 5.17 Å². The van der Waals surface area contributed by atoms with Gasteiger partial charge in [-0.2, -0.15) is 0 Å². The molecule has 0 unspecified atom stereocenters. The second-order valence-electron chi connectivity index (χ2n) is 9.00. The van der Waals surface area contributed by atoms with Gasteiger partial charge < -0.3 is 10.3 Å². The molecule has 1 saturated carbocycles. The highest BCUT2D eigenvalue weighted by Gasteiger charge is 2.38. The third kappa shape index (κ3) is 5.23. The van der Waals surface area contributed by atoms with Crippen LogP contribution in [0, 0.1) is 0 Å². The third-order valence-electron chi connectivity index (χ3n) is 6.49. The number of nitrogens with two attached hydrogens (primary N) is 1. The van der Waals surface area contributed by atoms with Crippen molar-refractivity contribution in [3.63, 3.8) is 0 Å². The number of aliphatic imine (C=N–C) groups is 1. The fraction of sp³-hybridized carbons (Fsp3) is 0.296. The Morgan fingerprint density at radius 3 is 2.57 bits per heavy atom. The van der Waals surface area contributed by atoms with Crippen LogP contribution in [-0.2, 0) is 16.1 Å². The summed E-state index contributed by atoms with van der Waals surface area (Å²) >= 11 is 4.97. The van der Waals surface area contributed by atoms with Crippen LogP contribution in [0.4, 0.5) is 5.69 Å². The Morgan fingerprint density at radius 2 is 1.86 bits per heavy atom. The van der Waals surface area contributed by atoms with Crippen LogP contribution in [0.1, 0.15) is 44.1 Å². The minimum absolute atomic E-state index is 0.00220. The summed E-state index contributed by atoms with van der Waals surface area (Å²) in [6, 6.07) is 15.9. The number of primary amides is 1. The first kappa shape index (κ1) is 23.9. The van der Waals surface area contributed by atoms with Gasteiger partial charge in [-0.3, -0.25) is 14.5 Å². The van der Waals surface area contributed by atoms with E-state index in [0.717, 1.165) is 57.5 Å². The van der Waals surface area contributed by atoms with Crippen LogP contribution in [-0.4, -0.2) is 32.5 Å². The first-order valence-electron chi connectivity index (χ1n) is 11.9. The molecule has 0 bridgehead atoms. The highest BCUT2D eigenvalue weighted by Crippen LogP contribution is 2.39. The maximum atomic E-state index is 13.8. The summed E-state index contributed by atoms with van der Waals surface area (Å²) in [6.45, 7) is 0.0807. The number of thioether (sulfide) groups is 1. The lowest BCUT2D eigenvalue weighted by Gasteiger charge is -2.26. The minimum atomic E-state index is -0.410. The van der Waals surface area contributed by atoms with E-state index in [1.165, 1.54) is 24.6 Å². The first-order chi connectivity index (χ1) is 17.0. The molecule has 2 fully saturated rings. The van der Waals surface area contributed by atoms with Crippen molar-refractivity contribution in [3.8, 4) is 0 Å². The monoisotopic (exact) mass is 550 g/mol. The average molecular weight is 552 g/mol. The molecule has 0 atom stereocenters. The molecule has 2 aromatic carbocycles. The molecule has 2 N–H and O–H groups in total. The maximum Gasteiger partial charge on any atom is 0.267 e. The Morgan fingerprint density at radius 1 is 1.11 bits per heavy atom. The lowest BCUT2D eigenvalue weighted by Crippen LogP contribution is -2.39. The van der Waals surface area contributed by atoms with E-state index in [4.69, 9.17) is 10.7 Å². The second-order valence-corrected chi connectivity index (χ2v) is 10.9. The average Bonchev–Trinajstić information content (AvgIpc) is 3.16. The number of carbonyl (C=O) groups excluding carboxylic acids is 2. The molecule has 0 spiro atoms. The summed E-state index contributed by atoms with van der Waals surface area (Å²) in [7, 11) is 0. The molecule has 0 radical (unpaired) electrons. The normalized spacial score (nSPS) is 19.7. The predicted octanol–water partition coefficient (Wildman–Crippen LogP) is 6.22. The number of amides is 2. The Kier molecular flexibility index (Phi) is 7.11. The fourth-order valence-corrected chi connectivity index (χ4v) is 6.28. The van der Waals surface area contributed by atoms with E-state index in [-0.39, 0.29) is 18.5 Å². The molecule has 1 aromatic heterocycles. The molecule has 180 valence electrons. The van der Waals surface area contributed by atoms with E-state index in [1.54, 1.807) is 0 Å². The zero-order valence-electron chi connectivity index (χ0n) is 19.3. The number of fused-ring (bicyclic) bond motifs is 1. The molecular formula is C27H27BrN4O2S. The Hall–Kier alpha value is -2.84. The molecule has 8 heteroatoms. The molecule has 2 amide bonds. The number of nitrogens with zero attached hydrogens (tertiary/aromatic N) is 3. The number of para-hydroxylation sites is 1. The summed E-state index contributed by atoms with van der Waals surface area (Å²) in [6.07, 6.45) is 10.5. The lowest BCUT2D eigenvalue weighted by atomic mass is 10.1. The van der Waals surface area contributed by atoms with Crippen molar-refractivity contribution in [2.24, 2.45) is 10.7 Å². The molecule has 2 heterocycles. The first-order valence-corrected chi connectivity index (χ1v) is 13.5. The van der Waals surface area contributed by atoms with Gasteiger partial charge in [0.25, 0.3) is 5.91 Å². The minimum Gasteiger partial charge on any atom is -0.368 e. The second kappa shape index (κ2) is 10.4. The third-order valence-corrected chi connectivity index (χ3v) is 7.97. The van der Waals surface area contributed by atoms with Gasteiger partial charge in [0.1, 0.15) is 6.54 Å². The summed E-state index contributed by atoms with van der Waals surface area (Å²) in [4.78, 5) is 32.9. The molecule has 35 heavy (non-hydrogen) atoms. The van der Waals surface area contributed by atoms with Crippen LogP contribution >= 0.6 is 27.7 Å². The molecular weight excluding hydrogens is 524 g/mol. The van der Waals surface area contributed by atoms with Crippen molar-refractivity contribution in [3.05, 3.63) is 69.7 Å². The fourth-order valence-electron chi connectivity index (χ4n) is 4.87. The van der Waals surface area contributed by atoms with E-state index in [2.05, 4.69) is 15.9 Å². The zero-order valence-corrected chi connectivity index (χ0v) is 21.7. The molecule has 1 aliphatic heterocycles. The van der Waals surface area contributed by atoms with Crippen molar-refractivity contribution < 1.29 is 9.59 Å². The molecule has 3 aromatic rings. The van der Waals surface area contributed by atoms with E-state index in [1.807, 2.05) is 70.3 Å². The number of amidine groups is 1. The van der Waals surface area contributed by atoms with Gasteiger partial charge >= 0.3 is 0 Å². The Labute approximate surface area is 217 Å². The molecule has 1 saturated heterocycles. The molecule has 2 aliphatic rings. The van der Waals surface area contributed by atoms with Gasteiger partial charge in [-0.15, -0.1) is 0 Å². The number of carbonyl (C=O) groups is 2. The van der Waals surface area contributed by atoms with Crippen LogP contribution in [0.2, 0.25) is 0 Å². The van der Waals surface area contributed by atoms with Crippen LogP contribution in [0.3, 0.4) is 0 Å². The van der Waals surface area contributed by atoms with Crippen molar-refractivity contribution in [1.82, 2.24) is 9.47 Å². The van der Waals surface area contributed by atoms with Gasteiger partial charge in [-0.25, -0.2) is 4.99 Å². The number of hydrogen-bond acceptors (Lipinski definition) is 4. The van der Waals surface area contributed by atoms with Crippen LogP contribution in [0.25, 0.3) is 17.0 Å². The van der Waals surface area contributed by atoms with Gasteiger partial charge in [0, 0.05) is 33.2 Å². The largest absolute Gasteiger partial charge is 0.368 e. The van der Waals surface area contributed by atoms with E-state index in [0.29, 0.717) is 4.91 Å². The molecule has 6 nitrogen and oxygen atoms in total. The summed E-state index contributed by atoms with van der Waals surface area (Å²) in [5.41, 5.74) is 8.09.